The molecule has 1 unspecified atom stereocenters. The van der Waals surface area contributed by atoms with Crippen LogP contribution in [0.3, 0.4) is 0 Å². The third-order valence-corrected chi connectivity index (χ3v) is 8.10. The summed E-state index contributed by atoms with van der Waals surface area (Å²) in [5.74, 6) is 0.864. The van der Waals surface area contributed by atoms with E-state index >= 15 is 0 Å². The van der Waals surface area contributed by atoms with Crippen LogP contribution >= 0.6 is 0 Å². The maximum absolute atomic E-state index is 12.1. The van der Waals surface area contributed by atoms with Crippen molar-refractivity contribution in [3.05, 3.63) is 35.5 Å². The van der Waals surface area contributed by atoms with Crippen LogP contribution in [0.5, 0.6) is 0 Å². The summed E-state index contributed by atoms with van der Waals surface area (Å²) >= 11 is 0. The number of aromatic nitrogens is 1. The van der Waals surface area contributed by atoms with Crippen LogP contribution in [-0.4, -0.2) is 47.2 Å². The molecule has 160 valence electrons. The van der Waals surface area contributed by atoms with Gasteiger partial charge in [-0.1, -0.05) is 25.1 Å². The number of benzene rings is 1. The zero-order valence-electron chi connectivity index (χ0n) is 17.9. The van der Waals surface area contributed by atoms with Gasteiger partial charge in [-0.15, -0.1) is 0 Å². The smallest absolute Gasteiger partial charge is 0.304 e. The number of carbonyl (C=O) groups is 1. The van der Waals surface area contributed by atoms with Crippen molar-refractivity contribution < 1.29 is 19.0 Å². The minimum Gasteiger partial charge on any atom is -0.446 e. The number of para-hydroxylation sites is 1. The van der Waals surface area contributed by atoms with E-state index in [1.807, 2.05) is 0 Å². The Bertz CT molecular complexity index is 994. The highest BCUT2D eigenvalue weighted by Gasteiger charge is 2.62. The van der Waals surface area contributed by atoms with Crippen LogP contribution in [0.15, 0.2) is 24.3 Å². The van der Waals surface area contributed by atoms with Crippen molar-refractivity contribution in [1.82, 2.24) is 9.47 Å². The summed E-state index contributed by atoms with van der Waals surface area (Å²) in [4.78, 5) is 14.6. The summed E-state index contributed by atoms with van der Waals surface area (Å²) in [5.41, 5.74) is 4.14. The molecule has 5 aliphatic heterocycles. The highest BCUT2D eigenvalue weighted by molar-refractivity contribution is 5.86. The van der Waals surface area contributed by atoms with Crippen LogP contribution in [0.25, 0.3) is 10.9 Å². The fourth-order valence-corrected chi connectivity index (χ4v) is 7.15. The first kappa shape index (κ1) is 18.8. The molecule has 6 heterocycles. The zero-order chi connectivity index (χ0) is 20.6. The second-order valence-corrected chi connectivity index (χ2v) is 9.33. The van der Waals surface area contributed by atoms with Crippen molar-refractivity contribution in [2.45, 2.75) is 57.7 Å². The topological polar surface area (TPSA) is 52.9 Å². The van der Waals surface area contributed by atoms with Gasteiger partial charge >= 0.3 is 5.97 Å². The van der Waals surface area contributed by atoms with Gasteiger partial charge < -0.3 is 18.8 Å². The molecule has 1 aromatic heterocycles. The molecular weight excluding hydrogens is 380 g/mol. The van der Waals surface area contributed by atoms with Crippen molar-refractivity contribution >= 4 is 16.9 Å². The second kappa shape index (κ2) is 6.81. The van der Waals surface area contributed by atoms with Crippen molar-refractivity contribution in [2.24, 2.45) is 24.8 Å². The van der Waals surface area contributed by atoms with Gasteiger partial charge in [0, 0.05) is 48.4 Å². The molecule has 30 heavy (non-hydrogen) atoms. The Kier molecular flexibility index (Phi) is 4.28. The Morgan fingerprint density at radius 1 is 1.23 bits per heavy atom. The monoisotopic (exact) mass is 410 g/mol. The molecule has 0 N–H and O–H groups in total. The van der Waals surface area contributed by atoms with Gasteiger partial charge in [0.05, 0.1) is 19.3 Å². The molecule has 7 atom stereocenters. The molecule has 0 radical (unpaired) electrons. The maximum atomic E-state index is 12.1. The van der Waals surface area contributed by atoms with E-state index in [2.05, 4.69) is 47.7 Å². The number of fused-ring (bicyclic) bond motifs is 4. The first-order valence-corrected chi connectivity index (χ1v) is 11.3. The predicted octanol–water partition coefficient (Wildman–Crippen LogP) is 3.38. The molecule has 0 spiro atoms. The fourth-order valence-electron chi connectivity index (χ4n) is 7.15. The number of rotatable bonds is 3. The van der Waals surface area contributed by atoms with E-state index in [0.29, 0.717) is 31.0 Å². The number of hydrogen-bond acceptors (Lipinski definition) is 5. The molecule has 4 bridgehead atoms. The molecule has 5 aliphatic rings. The van der Waals surface area contributed by atoms with Crippen LogP contribution in [-0.2, 0) is 32.5 Å². The van der Waals surface area contributed by atoms with E-state index in [9.17, 15) is 4.79 Å². The lowest BCUT2D eigenvalue weighted by atomic mass is 9.60. The van der Waals surface area contributed by atoms with Gasteiger partial charge in [0.15, 0.2) is 12.5 Å². The first-order valence-electron chi connectivity index (χ1n) is 11.3. The molecule has 6 nitrogen and oxygen atoms in total. The predicted molar refractivity (Wildman–Crippen MR) is 112 cm³/mol. The minimum atomic E-state index is -0.189. The zero-order valence-corrected chi connectivity index (χ0v) is 17.9. The van der Waals surface area contributed by atoms with Gasteiger partial charge in [-0.25, -0.2) is 0 Å². The van der Waals surface area contributed by atoms with Gasteiger partial charge in [-0.2, -0.15) is 0 Å². The highest BCUT2D eigenvalue weighted by Crippen LogP contribution is 2.59. The standard InChI is InChI=1S/C24H30N2O4/c1-4-14-16-11-20-22-17(15-7-5-6-8-18(15)25(22)3)12-19(21(16)24-28-9-10-29-24)26(20)23(14)30-13(2)27/h5-8,14,16,19-21,23-24H,4,9-12H2,1-3H3/t14-,16-,19-,20-,21-,23+/m1/s1. The number of ether oxygens (including phenoxy) is 3. The van der Waals surface area contributed by atoms with Crippen LogP contribution in [0.1, 0.15) is 44.0 Å². The summed E-state index contributed by atoms with van der Waals surface area (Å²) in [5, 5.41) is 1.35. The Morgan fingerprint density at radius 2 is 2.00 bits per heavy atom. The third-order valence-electron chi connectivity index (χ3n) is 8.10. The van der Waals surface area contributed by atoms with Gasteiger partial charge in [-0.05, 0) is 36.8 Å². The minimum absolute atomic E-state index is 0.146. The number of piperidine rings is 3. The molecule has 6 heteroatoms. The number of aryl methyl sites for hydroxylation is 1. The largest absolute Gasteiger partial charge is 0.446 e. The van der Waals surface area contributed by atoms with Crippen molar-refractivity contribution in [2.75, 3.05) is 13.2 Å². The summed E-state index contributed by atoms with van der Waals surface area (Å²) in [6, 6.07) is 9.25. The van der Waals surface area contributed by atoms with Crippen LogP contribution in [0.4, 0.5) is 0 Å². The Hall–Kier alpha value is -1.89. The number of nitrogens with zero attached hydrogens (tertiary/aromatic N) is 2. The molecule has 1 aromatic carbocycles. The number of hydrogen-bond donors (Lipinski definition) is 0. The summed E-state index contributed by atoms with van der Waals surface area (Å²) in [6.07, 6.45) is 2.70. The molecule has 0 aliphatic carbocycles. The summed E-state index contributed by atoms with van der Waals surface area (Å²) in [6.45, 7) is 5.10. The maximum Gasteiger partial charge on any atom is 0.304 e. The van der Waals surface area contributed by atoms with Crippen LogP contribution < -0.4 is 0 Å². The van der Waals surface area contributed by atoms with E-state index in [-0.39, 0.29) is 30.6 Å². The average Bonchev–Trinajstić information content (AvgIpc) is 3.35. The van der Waals surface area contributed by atoms with E-state index in [1.54, 1.807) is 0 Å². The lowest BCUT2D eigenvalue weighted by Crippen LogP contribution is -2.69. The van der Waals surface area contributed by atoms with E-state index in [0.717, 1.165) is 19.3 Å². The van der Waals surface area contributed by atoms with Gasteiger partial charge in [0.1, 0.15) is 0 Å². The molecule has 4 saturated heterocycles. The lowest BCUT2D eigenvalue weighted by molar-refractivity contribution is -0.261. The quantitative estimate of drug-likeness (QED) is 0.726. The summed E-state index contributed by atoms with van der Waals surface area (Å²) in [7, 11) is 2.18. The fraction of sp³-hybridized carbons (Fsp3) is 0.625. The van der Waals surface area contributed by atoms with E-state index in [4.69, 9.17) is 14.2 Å². The molecule has 4 fully saturated rings. The van der Waals surface area contributed by atoms with Crippen molar-refractivity contribution in [3.63, 3.8) is 0 Å². The molecule has 0 saturated carbocycles. The Balaban J connectivity index is 1.52. The van der Waals surface area contributed by atoms with Gasteiger partial charge in [0.25, 0.3) is 0 Å². The van der Waals surface area contributed by atoms with E-state index in [1.165, 1.54) is 29.1 Å². The van der Waals surface area contributed by atoms with Gasteiger partial charge in [0.2, 0.25) is 0 Å². The normalized spacial score (nSPS) is 37.5. The Labute approximate surface area is 177 Å². The number of esters is 1. The summed E-state index contributed by atoms with van der Waals surface area (Å²) < 4.78 is 20.5. The molecule has 2 aromatic rings. The Morgan fingerprint density at radius 3 is 2.73 bits per heavy atom. The number of carbonyl (C=O) groups excluding carboxylic acids is 1. The van der Waals surface area contributed by atoms with Crippen molar-refractivity contribution in [3.8, 4) is 0 Å². The first-order chi connectivity index (χ1) is 14.6. The van der Waals surface area contributed by atoms with Gasteiger partial charge in [-0.3, -0.25) is 9.69 Å². The van der Waals surface area contributed by atoms with Crippen LogP contribution in [0, 0.1) is 17.8 Å². The molecule has 0 amide bonds. The molecule has 7 rings (SSSR count). The van der Waals surface area contributed by atoms with Crippen LogP contribution in [0.2, 0.25) is 0 Å². The molecular formula is C24H30N2O4. The van der Waals surface area contributed by atoms with Crippen molar-refractivity contribution in [1.29, 1.82) is 0 Å². The lowest BCUT2D eigenvalue weighted by Gasteiger charge is -2.63. The third kappa shape index (κ3) is 2.44. The van der Waals surface area contributed by atoms with E-state index < -0.39 is 0 Å². The second-order valence-electron chi connectivity index (χ2n) is 9.33. The highest BCUT2D eigenvalue weighted by atomic mass is 16.7. The SMILES string of the molecule is CC[C@@H]1[C@H]2C[C@@H]3c4c(c5ccccc5n4C)C[C@H]([C@@H]2C2OCCO2)N3[C@H]1OC(C)=O. The average molecular weight is 411 g/mol.